The number of furan rings is 1. The van der Waals surface area contributed by atoms with Gasteiger partial charge in [-0.05, 0) is 158 Å². The zero-order valence-electron chi connectivity index (χ0n) is 43.3. The molecule has 4 nitrogen and oxygen atoms in total. The molecule has 5 heteroatoms. The van der Waals surface area contributed by atoms with Gasteiger partial charge in [-0.15, -0.1) is 0 Å². The molecular formula is C63H70BN3O. The molecule has 0 spiro atoms. The number of fused-ring (bicyclic) bond motifs is 7. The van der Waals surface area contributed by atoms with Gasteiger partial charge in [0.25, 0.3) is 6.71 Å². The van der Waals surface area contributed by atoms with E-state index in [1.807, 2.05) is 0 Å². The maximum atomic E-state index is 11.2. The lowest BCUT2D eigenvalue weighted by atomic mass is 9.32. The monoisotopic (exact) mass is 896 g/mol. The van der Waals surface area contributed by atoms with Crippen LogP contribution in [0.2, 0.25) is 0 Å². The minimum atomic E-state index is -0.156. The van der Waals surface area contributed by atoms with Gasteiger partial charge in [-0.2, -0.15) is 5.26 Å². The Labute approximate surface area is 407 Å². The lowest BCUT2D eigenvalue weighted by molar-refractivity contribution is 0.122. The first-order valence-electron chi connectivity index (χ1n) is 25.4. The summed E-state index contributed by atoms with van der Waals surface area (Å²) in [5, 5.41) is 12.3. The SMILES string of the molecule is CC1(C)CCC(C)(C)C2CC3=C(C=C21)N(c1ccc2c(c1)C(C)(C)CCC2(C)C)c1cc(C#N)cc2c1B3c1oc3ccc(C(C)(C)C)cc3c1N2c1ccc(C(C)(C)C)cc1-c1ccccc1. The van der Waals surface area contributed by atoms with Crippen molar-refractivity contribution in [1.29, 1.82) is 5.26 Å². The van der Waals surface area contributed by atoms with Gasteiger partial charge in [0.2, 0.25) is 0 Å². The molecule has 5 aliphatic rings. The molecule has 1 saturated carbocycles. The van der Waals surface area contributed by atoms with E-state index in [-0.39, 0.29) is 39.2 Å². The number of nitriles is 1. The number of nitrogens with zero attached hydrogens (tertiary/aromatic N) is 3. The van der Waals surface area contributed by atoms with Crippen LogP contribution in [0.15, 0.2) is 124 Å². The summed E-state index contributed by atoms with van der Waals surface area (Å²) < 4.78 is 7.50. The van der Waals surface area contributed by atoms with Gasteiger partial charge < -0.3 is 14.2 Å². The molecular weight excluding hydrogens is 826 g/mol. The van der Waals surface area contributed by atoms with E-state index < -0.39 is 0 Å². The number of allylic oxidation sites excluding steroid dienone is 3. The molecule has 0 radical (unpaired) electrons. The number of rotatable bonds is 3. The van der Waals surface area contributed by atoms with Gasteiger partial charge in [-0.25, -0.2) is 0 Å². The molecule has 1 fully saturated rings. The zero-order chi connectivity index (χ0) is 48.2. The van der Waals surface area contributed by atoms with Crippen molar-refractivity contribution in [2.24, 2.45) is 16.7 Å². The summed E-state index contributed by atoms with van der Waals surface area (Å²) in [6.45, 7) is 33.3. The first-order valence-corrected chi connectivity index (χ1v) is 25.4. The fraction of sp³-hybridized carbons (Fsp3) is 0.413. The van der Waals surface area contributed by atoms with Crippen molar-refractivity contribution in [2.45, 2.75) is 151 Å². The van der Waals surface area contributed by atoms with Gasteiger partial charge in [0.05, 0.1) is 28.7 Å². The maximum absolute atomic E-state index is 11.2. The Balaban J connectivity index is 1.29. The normalized spacial score (nSPS) is 20.8. The summed E-state index contributed by atoms with van der Waals surface area (Å²) in [7, 11) is 0. The van der Waals surface area contributed by atoms with Gasteiger partial charge in [0.15, 0.2) is 0 Å². The molecule has 0 amide bonds. The topological polar surface area (TPSA) is 43.4 Å². The number of hydrogen-bond acceptors (Lipinski definition) is 4. The Bertz CT molecular complexity index is 3210. The van der Waals surface area contributed by atoms with Crippen LogP contribution in [0, 0.1) is 28.1 Å². The fourth-order valence-corrected chi connectivity index (χ4v) is 12.9. The van der Waals surface area contributed by atoms with E-state index in [0.717, 1.165) is 81.9 Å². The van der Waals surface area contributed by atoms with E-state index in [0.29, 0.717) is 11.5 Å². The fourth-order valence-electron chi connectivity index (χ4n) is 12.9. The highest BCUT2D eigenvalue weighted by Crippen LogP contribution is 2.60. The Morgan fingerprint density at radius 3 is 1.96 bits per heavy atom. The van der Waals surface area contributed by atoms with Crippen LogP contribution in [0.3, 0.4) is 0 Å². The molecule has 0 saturated heterocycles. The van der Waals surface area contributed by atoms with Crippen molar-refractivity contribution in [3.8, 4) is 17.2 Å². The second kappa shape index (κ2) is 14.6. The van der Waals surface area contributed by atoms with Crippen LogP contribution in [0.25, 0.3) is 22.1 Å². The second-order valence-corrected chi connectivity index (χ2v) is 25.9. The molecule has 1 atom stereocenters. The molecule has 346 valence electrons. The highest BCUT2D eigenvalue weighted by molar-refractivity contribution is 6.94. The third-order valence-electron chi connectivity index (χ3n) is 17.5. The van der Waals surface area contributed by atoms with Crippen LogP contribution in [-0.4, -0.2) is 6.71 Å². The van der Waals surface area contributed by atoms with Crippen molar-refractivity contribution in [1.82, 2.24) is 0 Å². The Kier molecular flexibility index (Phi) is 9.64. The number of anilines is 5. The van der Waals surface area contributed by atoms with E-state index >= 15 is 0 Å². The second-order valence-electron chi connectivity index (χ2n) is 25.9. The highest BCUT2D eigenvalue weighted by atomic mass is 16.3. The van der Waals surface area contributed by atoms with Gasteiger partial charge in [-0.3, -0.25) is 0 Å². The van der Waals surface area contributed by atoms with E-state index in [1.165, 1.54) is 45.3 Å². The quantitative estimate of drug-likeness (QED) is 0.166. The van der Waals surface area contributed by atoms with Gasteiger partial charge in [0.1, 0.15) is 5.58 Å². The number of hydrogen-bond donors (Lipinski definition) is 0. The average Bonchev–Trinajstić information content (AvgIpc) is 3.67. The van der Waals surface area contributed by atoms with Crippen LogP contribution in [0.4, 0.5) is 28.4 Å². The minimum Gasteiger partial charge on any atom is -0.468 e. The molecule has 1 unspecified atom stereocenters. The molecule has 2 aliphatic heterocycles. The third-order valence-corrected chi connectivity index (χ3v) is 17.5. The number of benzene rings is 5. The molecule has 11 rings (SSSR count). The van der Waals surface area contributed by atoms with Gasteiger partial charge >= 0.3 is 0 Å². The molecule has 68 heavy (non-hydrogen) atoms. The first kappa shape index (κ1) is 44.8. The predicted octanol–water partition coefficient (Wildman–Crippen LogP) is 16.0. The summed E-state index contributed by atoms with van der Waals surface area (Å²) in [5.41, 5.74) is 21.3. The summed E-state index contributed by atoms with van der Waals surface area (Å²) in [5.74, 6) is 0.381. The highest BCUT2D eigenvalue weighted by Gasteiger charge is 2.53. The van der Waals surface area contributed by atoms with Gasteiger partial charge in [-0.1, -0.05) is 157 Å². The molecule has 0 N–H and O–H groups in total. The van der Waals surface area contributed by atoms with E-state index in [9.17, 15) is 5.26 Å². The largest absolute Gasteiger partial charge is 0.468 e. The molecule has 6 aromatic rings. The van der Waals surface area contributed by atoms with Crippen LogP contribution in [-0.2, 0) is 21.7 Å². The van der Waals surface area contributed by atoms with Crippen molar-refractivity contribution < 1.29 is 4.42 Å². The van der Waals surface area contributed by atoms with Crippen LogP contribution in [0.1, 0.15) is 157 Å². The summed E-state index contributed by atoms with van der Waals surface area (Å²) >= 11 is 0. The van der Waals surface area contributed by atoms with Crippen LogP contribution >= 0.6 is 0 Å². The smallest absolute Gasteiger partial charge is 0.293 e. The third kappa shape index (κ3) is 6.74. The minimum absolute atomic E-state index is 0.0226. The zero-order valence-corrected chi connectivity index (χ0v) is 43.3. The van der Waals surface area contributed by atoms with Crippen LogP contribution in [0.5, 0.6) is 0 Å². The first-order chi connectivity index (χ1) is 31.9. The summed E-state index contributed by atoms with van der Waals surface area (Å²) in [4.78, 5) is 5.08. The average molecular weight is 896 g/mol. The van der Waals surface area contributed by atoms with Gasteiger partial charge in [0, 0.05) is 33.7 Å². The summed E-state index contributed by atoms with van der Waals surface area (Å²) in [6, 6.07) is 39.2. The van der Waals surface area contributed by atoms with Crippen molar-refractivity contribution in [3.05, 3.63) is 148 Å². The Morgan fingerprint density at radius 2 is 1.28 bits per heavy atom. The molecule has 5 aromatic carbocycles. The van der Waals surface area contributed by atoms with E-state index in [2.05, 4.69) is 216 Å². The standard InChI is InChI=1S/C63H70BN3O/c1-58(2,3)40-20-24-50(43(32-40)39-18-16-15-17-19-39)67-53-31-38(37-65)30-52-55(53)64(57-56(67)44-33-41(59(4,5)6)21-25-54(44)68-57)49-35-47-48(63(13,14)29-28-62(47,11)12)36-51(49)66(52)42-22-23-45-46(34-42)61(9,10)27-26-60(45,7)8/h15-25,30-34,36,47H,26-29,35H2,1-14H3. The van der Waals surface area contributed by atoms with Crippen molar-refractivity contribution in [3.63, 3.8) is 0 Å². The molecule has 3 aliphatic carbocycles. The van der Waals surface area contributed by atoms with Crippen LogP contribution < -0.4 is 20.9 Å². The van der Waals surface area contributed by atoms with E-state index in [4.69, 9.17) is 4.42 Å². The van der Waals surface area contributed by atoms with Crippen molar-refractivity contribution >= 4 is 57.2 Å². The molecule has 3 heterocycles. The van der Waals surface area contributed by atoms with Crippen molar-refractivity contribution in [2.75, 3.05) is 9.80 Å². The van der Waals surface area contributed by atoms with E-state index in [1.54, 1.807) is 5.57 Å². The summed E-state index contributed by atoms with van der Waals surface area (Å²) in [6.07, 6.45) is 8.21. The predicted molar refractivity (Wildman–Crippen MR) is 287 cm³/mol. The molecule has 1 aromatic heterocycles. The molecule has 0 bridgehead atoms. The Hall–Kier alpha value is -5.73. The Morgan fingerprint density at radius 1 is 0.647 bits per heavy atom. The maximum Gasteiger partial charge on any atom is 0.293 e. The lowest BCUT2D eigenvalue weighted by Crippen LogP contribution is -2.57. The lowest BCUT2D eigenvalue weighted by Gasteiger charge is -2.53.